The normalized spacial score (nSPS) is 14.6. The largest absolute Gasteiger partial charge is 0.370 e. The fourth-order valence-corrected chi connectivity index (χ4v) is 1.85. The monoisotopic (exact) mass is 227 g/mol. The summed E-state index contributed by atoms with van der Waals surface area (Å²) in [5.74, 6) is -0.523. The SMILES string of the molecule is CC(C)(C)CC(CC(N)=O)C(=O)C(C)(C)C. The number of carbonyl (C=O) groups excluding carboxylic acids is 2. The van der Waals surface area contributed by atoms with Gasteiger partial charge in [0.25, 0.3) is 0 Å². The lowest BCUT2D eigenvalue weighted by Gasteiger charge is -2.29. The van der Waals surface area contributed by atoms with E-state index in [4.69, 9.17) is 5.73 Å². The first-order valence-corrected chi connectivity index (χ1v) is 5.76. The summed E-state index contributed by atoms with van der Waals surface area (Å²) in [6.07, 6.45) is 0.861. The highest BCUT2D eigenvalue weighted by atomic mass is 16.1. The molecule has 0 aromatic rings. The van der Waals surface area contributed by atoms with E-state index in [1.54, 1.807) is 0 Å². The fourth-order valence-electron chi connectivity index (χ4n) is 1.85. The number of rotatable bonds is 4. The number of amides is 1. The van der Waals surface area contributed by atoms with Gasteiger partial charge < -0.3 is 5.73 Å². The van der Waals surface area contributed by atoms with Gasteiger partial charge >= 0.3 is 0 Å². The van der Waals surface area contributed by atoms with Gasteiger partial charge in [0.2, 0.25) is 5.91 Å². The number of primary amides is 1. The second kappa shape index (κ2) is 4.98. The zero-order chi connectivity index (χ0) is 13.1. The van der Waals surface area contributed by atoms with E-state index in [2.05, 4.69) is 20.8 Å². The van der Waals surface area contributed by atoms with Crippen LogP contribution < -0.4 is 5.73 Å². The van der Waals surface area contributed by atoms with Crippen LogP contribution in [0.4, 0.5) is 0 Å². The Hall–Kier alpha value is -0.860. The van der Waals surface area contributed by atoms with Gasteiger partial charge in [-0.15, -0.1) is 0 Å². The lowest BCUT2D eigenvalue weighted by Crippen LogP contribution is -2.33. The zero-order valence-electron chi connectivity index (χ0n) is 11.4. The Kier molecular flexibility index (Phi) is 4.71. The molecule has 16 heavy (non-hydrogen) atoms. The van der Waals surface area contributed by atoms with Crippen LogP contribution >= 0.6 is 0 Å². The minimum Gasteiger partial charge on any atom is -0.370 e. The molecule has 0 aromatic heterocycles. The van der Waals surface area contributed by atoms with Gasteiger partial charge in [0.15, 0.2) is 0 Å². The van der Waals surface area contributed by atoms with E-state index in [0.717, 1.165) is 0 Å². The molecule has 3 nitrogen and oxygen atoms in total. The molecule has 0 rings (SSSR count). The van der Waals surface area contributed by atoms with Crippen LogP contribution in [0.2, 0.25) is 0 Å². The molecule has 0 fully saturated rings. The summed E-state index contributed by atoms with van der Waals surface area (Å²) in [4.78, 5) is 23.2. The quantitative estimate of drug-likeness (QED) is 0.802. The molecule has 0 saturated heterocycles. The summed E-state index contributed by atoms with van der Waals surface area (Å²) in [6, 6.07) is 0. The summed E-state index contributed by atoms with van der Waals surface area (Å²) < 4.78 is 0. The van der Waals surface area contributed by atoms with Gasteiger partial charge in [-0.05, 0) is 11.8 Å². The van der Waals surface area contributed by atoms with Crippen LogP contribution in [0.1, 0.15) is 54.4 Å². The van der Waals surface area contributed by atoms with Crippen molar-refractivity contribution < 1.29 is 9.59 Å². The summed E-state index contributed by atoms with van der Waals surface area (Å²) >= 11 is 0. The number of hydrogen-bond donors (Lipinski definition) is 1. The Bertz CT molecular complexity index is 269. The van der Waals surface area contributed by atoms with Crippen LogP contribution in [0.3, 0.4) is 0 Å². The predicted molar refractivity (Wildman–Crippen MR) is 65.8 cm³/mol. The summed E-state index contributed by atoms with van der Waals surface area (Å²) in [6.45, 7) is 11.8. The van der Waals surface area contributed by atoms with Crippen molar-refractivity contribution in [3.05, 3.63) is 0 Å². The molecule has 0 aromatic carbocycles. The number of hydrogen-bond acceptors (Lipinski definition) is 2. The second-order valence-electron chi connectivity index (χ2n) is 6.75. The third-order valence-electron chi connectivity index (χ3n) is 2.42. The van der Waals surface area contributed by atoms with Crippen LogP contribution in [0.15, 0.2) is 0 Å². The molecule has 1 atom stereocenters. The third kappa shape index (κ3) is 5.89. The van der Waals surface area contributed by atoms with Gasteiger partial charge in [-0.2, -0.15) is 0 Å². The Morgan fingerprint density at radius 1 is 1.06 bits per heavy atom. The maximum atomic E-state index is 12.2. The lowest BCUT2D eigenvalue weighted by molar-refractivity contribution is -0.134. The average Bonchev–Trinajstić information content (AvgIpc) is 1.96. The van der Waals surface area contributed by atoms with E-state index >= 15 is 0 Å². The minimum absolute atomic E-state index is 0.0288. The van der Waals surface area contributed by atoms with E-state index in [0.29, 0.717) is 6.42 Å². The topological polar surface area (TPSA) is 60.2 Å². The molecule has 0 aliphatic rings. The van der Waals surface area contributed by atoms with Crippen molar-refractivity contribution in [2.45, 2.75) is 54.4 Å². The predicted octanol–water partition coefficient (Wildman–Crippen LogP) is 2.53. The van der Waals surface area contributed by atoms with Gasteiger partial charge in [0, 0.05) is 17.8 Å². The summed E-state index contributed by atoms with van der Waals surface area (Å²) in [5.41, 5.74) is 4.82. The summed E-state index contributed by atoms with van der Waals surface area (Å²) in [5, 5.41) is 0. The Labute approximate surface area is 98.8 Å². The first kappa shape index (κ1) is 15.1. The Morgan fingerprint density at radius 2 is 1.50 bits per heavy atom. The van der Waals surface area contributed by atoms with Crippen LogP contribution in [-0.2, 0) is 9.59 Å². The maximum Gasteiger partial charge on any atom is 0.218 e. The number of ketones is 1. The smallest absolute Gasteiger partial charge is 0.218 e. The van der Waals surface area contributed by atoms with Crippen LogP contribution in [0.5, 0.6) is 0 Å². The Balaban J connectivity index is 4.81. The van der Waals surface area contributed by atoms with Gasteiger partial charge in [-0.25, -0.2) is 0 Å². The summed E-state index contributed by atoms with van der Waals surface area (Å²) in [7, 11) is 0. The number of carbonyl (C=O) groups is 2. The zero-order valence-corrected chi connectivity index (χ0v) is 11.4. The molecule has 0 bridgehead atoms. The van der Waals surface area contributed by atoms with E-state index in [1.807, 2.05) is 20.8 Å². The lowest BCUT2D eigenvalue weighted by atomic mass is 9.74. The minimum atomic E-state index is -0.411. The van der Waals surface area contributed by atoms with Crippen LogP contribution in [-0.4, -0.2) is 11.7 Å². The molecule has 0 saturated carbocycles. The van der Waals surface area contributed by atoms with E-state index in [9.17, 15) is 9.59 Å². The molecule has 0 heterocycles. The first-order valence-electron chi connectivity index (χ1n) is 5.76. The molecule has 2 N–H and O–H groups in total. The molecule has 0 radical (unpaired) electrons. The number of nitrogens with two attached hydrogens (primary N) is 1. The molecule has 3 heteroatoms. The molecular formula is C13H25NO2. The molecule has 1 unspecified atom stereocenters. The van der Waals surface area contributed by atoms with Gasteiger partial charge in [0.1, 0.15) is 5.78 Å². The standard InChI is InChI=1S/C13H25NO2/c1-12(2,3)8-9(7-10(14)15)11(16)13(4,5)6/h9H,7-8H2,1-6H3,(H2,14,15). The molecular weight excluding hydrogens is 202 g/mol. The number of Topliss-reactive ketones (excluding diaryl/α,β-unsaturated/α-hetero) is 1. The first-order chi connectivity index (χ1) is 6.93. The van der Waals surface area contributed by atoms with Crippen molar-refractivity contribution in [2.75, 3.05) is 0 Å². The molecule has 0 aliphatic heterocycles. The van der Waals surface area contributed by atoms with Crippen molar-refractivity contribution in [3.8, 4) is 0 Å². The second-order valence-corrected chi connectivity index (χ2v) is 6.75. The van der Waals surface area contributed by atoms with Crippen molar-refractivity contribution in [2.24, 2.45) is 22.5 Å². The van der Waals surface area contributed by atoms with Crippen LogP contribution in [0.25, 0.3) is 0 Å². The molecule has 94 valence electrons. The van der Waals surface area contributed by atoms with Gasteiger partial charge in [-0.1, -0.05) is 41.5 Å². The van der Waals surface area contributed by atoms with E-state index in [-0.39, 0.29) is 23.5 Å². The highest BCUT2D eigenvalue weighted by molar-refractivity contribution is 5.89. The van der Waals surface area contributed by atoms with Crippen LogP contribution in [0, 0.1) is 16.7 Å². The van der Waals surface area contributed by atoms with Gasteiger partial charge in [-0.3, -0.25) is 9.59 Å². The maximum absolute atomic E-state index is 12.2. The fraction of sp³-hybridized carbons (Fsp3) is 0.846. The van der Waals surface area contributed by atoms with Crippen molar-refractivity contribution in [3.63, 3.8) is 0 Å². The third-order valence-corrected chi connectivity index (χ3v) is 2.42. The van der Waals surface area contributed by atoms with Crippen molar-refractivity contribution in [1.29, 1.82) is 0 Å². The average molecular weight is 227 g/mol. The van der Waals surface area contributed by atoms with Gasteiger partial charge in [0.05, 0.1) is 0 Å². The molecule has 0 spiro atoms. The highest BCUT2D eigenvalue weighted by Crippen LogP contribution is 2.31. The van der Waals surface area contributed by atoms with E-state index in [1.165, 1.54) is 0 Å². The van der Waals surface area contributed by atoms with E-state index < -0.39 is 11.3 Å². The highest BCUT2D eigenvalue weighted by Gasteiger charge is 2.33. The molecule has 0 aliphatic carbocycles. The van der Waals surface area contributed by atoms with Crippen molar-refractivity contribution >= 4 is 11.7 Å². The van der Waals surface area contributed by atoms with Crippen molar-refractivity contribution in [1.82, 2.24) is 0 Å². The Morgan fingerprint density at radius 3 is 1.75 bits per heavy atom. The molecule has 1 amide bonds.